The Morgan fingerprint density at radius 3 is 2.67 bits per heavy atom. The lowest BCUT2D eigenvalue weighted by atomic mass is 9.92. The quantitative estimate of drug-likeness (QED) is 0.631. The molecule has 2 unspecified atom stereocenters. The van der Waals surface area contributed by atoms with E-state index in [1.54, 1.807) is 7.11 Å². The molecule has 0 aliphatic carbocycles. The summed E-state index contributed by atoms with van der Waals surface area (Å²) in [6.07, 6.45) is -0.0650. The first-order valence-electron chi connectivity index (χ1n) is 5.58. The summed E-state index contributed by atoms with van der Waals surface area (Å²) in [5.41, 5.74) is 0. The largest absolute Gasteiger partial charge is 0.388 e. The molecule has 1 saturated heterocycles. The molecule has 1 aliphatic rings. The second-order valence-electron chi connectivity index (χ2n) is 4.15. The summed E-state index contributed by atoms with van der Waals surface area (Å²) in [4.78, 5) is 0. The molecule has 0 radical (unpaired) electrons. The van der Waals surface area contributed by atoms with Crippen LogP contribution in [0.5, 0.6) is 0 Å². The highest BCUT2D eigenvalue weighted by molar-refractivity contribution is 6.11. The van der Waals surface area contributed by atoms with Crippen LogP contribution in [-0.4, -0.2) is 57.1 Å². The van der Waals surface area contributed by atoms with Crippen molar-refractivity contribution in [3.63, 3.8) is 0 Å². The summed E-state index contributed by atoms with van der Waals surface area (Å²) in [5.74, 6) is 0. The van der Waals surface area contributed by atoms with E-state index in [2.05, 4.69) is 0 Å². The molecule has 4 nitrogen and oxygen atoms in total. The fourth-order valence-corrected chi connectivity index (χ4v) is 1.99. The van der Waals surface area contributed by atoms with E-state index in [0.717, 1.165) is 6.42 Å². The predicted octanol–water partition coefficient (Wildman–Crippen LogP) is -0.465. The van der Waals surface area contributed by atoms with Gasteiger partial charge in [-0.1, -0.05) is 6.92 Å². The van der Waals surface area contributed by atoms with Gasteiger partial charge in [-0.25, -0.2) is 0 Å². The van der Waals surface area contributed by atoms with Crippen molar-refractivity contribution in [3.8, 4) is 0 Å². The normalized spacial score (nSPS) is 38.1. The van der Waals surface area contributed by atoms with E-state index in [4.69, 9.17) is 14.2 Å². The Hall–Kier alpha value is -0.0951. The molecule has 1 rings (SSSR count). The SMILES string of the molecule is B[C@@H]1O[C@H](CC)C(O)[C@@H]1OC(C)COC. The van der Waals surface area contributed by atoms with Crippen molar-refractivity contribution < 1.29 is 19.3 Å². The van der Waals surface area contributed by atoms with Gasteiger partial charge in [-0.3, -0.25) is 0 Å². The van der Waals surface area contributed by atoms with Crippen molar-refractivity contribution in [1.29, 1.82) is 0 Å². The number of aliphatic hydroxyl groups excluding tert-OH is 1. The second-order valence-corrected chi connectivity index (χ2v) is 4.15. The predicted molar refractivity (Wildman–Crippen MR) is 59.7 cm³/mol. The topological polar surface area (TPSA) is 47.9 Å². The third kappa shape index (κ3) is 3.18. The van der Waals surface area contributed by atoms with E-state index in [-0.39, 0.29) is 24.3 Å². The van der Waals surface area contributed by atoms with Crippen LogP contribution in [0.3, 0.4) is 0 Å². The first-order chi connectivity index (χ1) is 7.10. The maximum Gasteiger partial charge on any atom is 0.142 e. The van der Waals surface area contributed by atoms with Gasteiger partial charge >= 0.3 is 0 Å². The smallest absolute Gasteiger partial charge is 0.142 e. The Morgan fingerprint density at radius 2 is 2.20 bits per heavy atom. The van der Waals surface area contributed by atoms with Gasteiger partial charge < -0.3 is 19.3 Å². The molecule has 0 aromatic rings. The van der Waals surface area contributed by atoms with Crippen LogP contribution in [0.1, 0.15) is 20.3 Å². The average molecular weight is 216 g/mol. The van der Waals surface area contributed by atoms with Crippen molar-refractivity contribution in [1.82, 2.24) is 0 Å². The Kier molecular flexibility index (Phi) is 5.05. The minimum absolute atomic E-state index is 0.0173. The van der Waals surface area contributed by atoms with Crippen molar-refractivity contribution in [3.05, 3.63) is 0 Å². The molecule has 1 N–H and O–H groups in total. The number of hydrogen-bond acceptors (Lipinski definition) is 4. The fraction of sp³-hybridized carbons (Fsp3) is 1.00. The standard InChI is InChI=1S/C10H21BO4/c1-4-7-8(12)9(10(11)15-7)14-6(2)5-13-3/h6-10,12H,4-5,11H2,1-3H3/t6?,7-,8?,9+,10-/m1/s1. The van der Waals surface area contributed by atoms with Crippen LogP contribution in [0.2, 0.25) is 0 Å². The first-order valence-corrected chi connectivity index (χ1v) is 5.58. The molecule has 1 aliphatic heterocycles. The van der Waals surface area contributed by atoms with Crippen LogP contribution >= 0.6 is 0 Å². The van der Waals surface area contributed by atoms with Crippen LogP contribution in [0.15, 0.2) is 0 Å². The zero-order valence-corrected chi connectivity index (χ0v) is 9.97. The molecule has 0 amide bonds. The van der Waals surface area contributed by atoms with Crippen LogP contribution in [-0.2, 0) is 14.2 Å². The maximum absolute atomic E-state index is 9.95. The van der Waals surface area contributed by atoms with Gasteiger partial charge in [0.2, 0.25) is 0 Å². The minimum Gasteiger partial charge on any atom is -0.388 e. The summed E-state index contributed by atoms with van der Waals surface area (Å²) in [6.45, 7) is 4.47. The van der Waals surface area contributed by atoms with Gasteiger partial charge in [0.25, 0.3) is 0 Å². The van der Waals surface area contributed by atoms with Crippen molar-refractivity contribution in [2.75, 3.05) is 13.7 Å². The number of hydrogen-bond donors (Lipinski definition) is 1. The number of methoxy groups -OCH3 is 1. The molecule has 15 heavy (non-hydrogen) atoms. The fourth-order valence-electron chi connectivity index (χ4n) is 1.99. The zero-order valence-electron chi connectivity index (χ0n) is 9.97. The van der Waals surface area contributed by atoms with Crippen molar-refractivity contribution in [2.45, 2.75) is 50.7 Å². The molecule has 0 aromatic carbocycles. The first kappa shape index (κ1) is 13.0. The highest BCUT2D eigenvalue weighted by Gasteiger charge is 2.41. The number of rotatable bonds is 5. The van der Waals surface area contributed by atoms with Gasteiger partial charge in [0.1, 0.15) is 20.1 Å². The molecular formula is C10H21BO4. The molecule has 0 aromatic heterocycles. The van der Waals surface area contributed by atoms with Crippen LogP contribution in [0.4, 0.5) is 0 Å². The summed E-state index contributed by atoms with van der Waals surface area (Å²) in [6, 6.07) is -0.0516. The Bertz CT molecular complexity index is 190. The zero-order chi connectivity index (χ0) is 11.4. The number of aliphatic hydroxyl groups is 1. The third-order valence-corrected chi connectivity index (χ3v) is 2.76. The van der Waals surface area contributed by atoms with E-state index in [1.807, 2.05) is 21.7 Å². The van der Waals surface area contributed by atoms with E-state index in [0.29, 0.717) is 6.61 Å². The van der Waals surface area contributed by atoms with Crippen molar-refractivity contribution in [2.24, 2.45) is 0 Å². The van der Waals surface area contributed by atoms with Gasteiger partial charge in [0, 0.05) is 7.11 Å². The lowest BCUT2D eigenvalue weighted by Gasteiger charge is -2.23. The van der Waals surface area contributed by atoms with E-state index < -0.39 is 6.10 Å². The van der Waals surface area contributed by atoms with E-state index >= 15 is 0 Å². The molecule has 88 valence electrons. The molecule has 0 saturated carbocycles. The second kappa shape index (κ2) is 5.84. The van der Waals surface area contributed by atoms with E-state index in [1.165, 1.54) is 0 Å². The van der Waals surface area contributed by atoms with Crippen LogP contribution < -0.4 is 0 Å². The molecule has 1 heterocycles. The monoisotopic (exact) mass is 216 g/mol. The molecule has 5 atom stereocenters. The van der Waals surface area contributed by atoms with Crippen molar-refractivity contribution >= 4 is 7.85 Å². The van der Waals surface area contributed by atoms with Gasteiger partial charge in [0.05, 0.1) is 24.8 Å². The van der Waals surface area contributed by atoms with Gasteiger partial charge in [-0.05, 0) is 13.3 Å². The Morgan fingerprint density at radius 1 is 1.53 bits per heavy atom. The Balaban J connectivity index is 2.46. The molecule has 0 spiro atoms. The van der Waals surface area contributed by atoms with Gasteiger partial charge in [-0.2, -0.15) is 0 Å². The van der Waals surface area contributed by atoms with Gasteiger partial charge in [0.15, 0.2) is 0 Å². The summed E-state index contributed by atoms with van der Waals surface area (Å²) in [7, 11) is 3.57. The lowest BCUT2D eigenvalue weighted by molar-refractivity contribution is -0.0792. The molecule has 5 heteroatoms. The molecule has 1 fully saturated rings. The summed E-state index contributed by atoms with van der Waals surface area (Å²) >= 11 is 0. The average Bonchev–Trinajstić information content (AvgIpc) is 2.45. The highest BCUT2D eigenvalue weighted by Crippen LogP contribution is 2.25. The highest BCUT2D eigenvalue weighted by atomic mass is 16.6. The van der Waals surface area contributed by atoms with Crippen LogP contribution in [0.25, 0.3) is 0 Å². The van der Waals surface area contributed by atoms with Crippen LogP contribution in [0, 0.1) is 0 Å². The summed E-state index contributed by atoms with van der Waals surface area (Å²) in [5, 5.41) is 9.95. The summed E-state index contributed by atoms with van der Waals surface area (Å²) < 4.78 is 16.3. The Labute approximate surface area is 92.3 Å². The maximum atomic E-state index is 9.95. The minimum atomic E-state index is -0.524. The lowest BCUT2D eigenvalue weighted by Crippen LogP contribution is -2.38. The van der Waals surface area contributed by atoms with E-state index in [9.17, 15) is 5.11 Å². The third-order valence-electron chi connectivity index (χ3n) is 2.76. The molecule has 0 bridgehead atoms. The number of ether oxygens (including phenoxy) is 3. The molecular weight excluding hydrogens is 195 g/mol. The van der Waals surface area contributed by atoms with Gasteiger partial charge in [-0.15, -0.1) is 0 Å².